The minimum atomic E-state index is -1.11. The minimum absolute atomic E-state index is 0.318. The van der Waals surface area contributed by atoms with Crippen LogP contribution in [0.5, 0.6) is 0 Å². The fourth-order valence-electron chi connectivity index (χ4n) is 1.93. The summed E-state index contributed by atoms with van der Waals surface area (Å²) in [6.07, 6.45) is 1.68. The van der Waals surface area contributed by atoms with Crippen LogP contribution in [0.2, 0.25) is 0 Å². The number of allylic oxidation sites excluding steroid dienone is 1. The smallest absolute Gasteiger partial charge is 0.422 e. The third-order valence-electron chi connectivity index (χ3n) is 3.06. The number of para-hydroxylation sites is 1. The molecular formula is C15H17NO3. The van der Waals surface area contributed by atoms with E-state index in [1.165, 1.54) is 0 Å². The number of carbonyl (C=O) groups excluding carboxylic acids is 2. The summed E-state index contributed by atoms with van der Waals surface area (Å²) in [7, 11) is 0. The van der Waals surface area contributed by atoms with Crippen molar-refractivity contribution in [1.82, 2.24) is 0 Å². The van der Waals surface area contributed by atoms with Gasteiger partial charge in [0.2, 0.25) is 0 Å². The van der Waals surface area contributed by atoms with Crippen molar-refractivity contribution < 1.29 is 14.3 Å². The molecule has 1 aromatic carbocycles. The topological polar surface area (TPSA) is 46.6 Å². The number of amides is 2. The Morgan fingerprint density at radius 1 is 1.26 bits per heavy atom. The molecule has 0 aromatic heterocycles. The van der Waals surface area contributed by atoms with E-state index in [9.17, 15) is 9.59 Å². The first-order chi connectivity index (χ1) is 8.94. The molecule has 1 aliphatic heterocycles. The molecule has 0 saturated carbocycles. The van der Waals surface area contributed by atoms with Crippen molar-refractivity contribution in [2.75, 3.05) is 4.90 Å². The van der Waals surface area contributed by atoms with Gasteiger partial charge < -0.3 is 4.74 Å². The summed E-state index contributed by atoms with van der Waals surface area (Å²) in [6, 6.07) is 8.82. The van der Waals surface area contributed by atoms with Crippen LogP contribution in [0.1, 0.15) is 27.2 Å². The Balaban J connectivity index is 2.29. The van der Waals surface area contributed by atoms with Crippen LogP contribution in [0.4, 0.5) is 10.5 Å². The van der Waals surface area contributed by atoms with E-state index in [1.54, 1.807) is 31.2 Å². The molecule has 1 unspecified atom stereocenters. The second kappa shape index (κ2) is 4.88. The van der Waals surface area contributed by atoms with Crippen LogP contribution in [-0.2, 0) is 9.53 Å². The first-order valence-corrected chi connectivity index (χ1v) is 6.20. The maximum absolute atomic E-state index is 12.4. The molecule has 0 spiro atoms. The third kappa shape index (κ3) is 2.52. The summed E-state index contributed by atoms with van der Waals surface area (Å²) in [5.74, 6) is -0.318. The van der Waals surface area contributed by atoms with Gasteiger partial charge in [-0.15, -0.1) is 0 Å². The zero-order chi connectivity index (χ0) is 14.0. The second-order valence-electron chi connectivity index (χ2n) is 5.06. The lowest BCUT2D eigenvalue weighted by Crippen LogP contribution is -2.38. The van der Waals surface area contributed by atoms with Crippen molar-refractivity contribution in [3.8, 4) is 0 Å². The Bertz CT molecular complexity index is 532. The first-order valence-electron chi connectivity index (χ1n) is 6.20. The van der Waals surface area contributed by atoms with Crippen LogP contribution in [-0.4, -0.2) is 17.6 Å². The van der Waals surface area contributed by atoms with Gasteiger partial charge in [-0.2, -0.15) is 0 Å². The van der Waals surface area contributed by atoms with E-state index in [1.807, 2.05) is 26.0 Å². The van der Waals surface area contributed by atoms with Crippen molar-refractivity contribution in [1.29, 1.82) is 0 Å². The van der Waals surface area contributed by atoms with Crippen molar-refractivity contribution in [2.24, 2.45) is 0 Å². The highest BCUT2D eigenvalue weighted by Crippen LogP contribution is 2.32. The normalized spacial score (nSPS) is 22.4. The lowest BCUT2D eigenvalue weighted by Gasteiger charge is -2.18. The van der Waals surface area contributed by atoms with Crippen molar-refractivity contribution in [2.45, 2.75) is 32.8 Å². The van der Waals surface area contributed by atoms with Gasteiger partial charge in [-0.05, 0) is 32.9 Å². The number of carbonyl (C=O) groups is 2. The zero-order valence-corrected chi connectivity index (χ0v) is 11.3. The van der Waals surface area contributed by atoms with Gasteiger partial charge in [0.05, 0.1) is 5.69 Å². The van der Waals surface area contributed by atoms with E-state index in [0.717, 1.165) is 10.5 Å². The number of hydrogen-bond donors (Lipinski definition) is 0. The number of ether oxygens (including phenoxy) is 1. The van der Waals surface area contributed by atoms with E-state index in [-0.39, 0.29) is 5.91 Å². The van der Waals surface area contributed by atoms with E-state index in [2.05, 4.69) is 0 Å². The highest BCUT2D eigenvalue weighted by atomic mass is 16.6. The molecule has 1 atom stereocenters. The molecule has 100 valence electrons. The molecule has 2 rings (SSSR count). The number of rotatable bonds is 3. The molecule has 0 bridgehead atoms. The van der Waals surface area contributed by atoms with Gasteiger partial charge in [0.25, 0.3) is 5.91 Å². The quantitative estimate of drug-likeness (QED) is 0.782. The van der Waals surface area contributed by atoms with Gasteiger partial charge in [0, 0.05) is 6.42 Å². The molecule has 4 heteroatoms. The summed E-state index contributed by atoms with van der Waals surface area (Å²) >= 11 is 0. The number of imide groups is 1. The summed E-state index contributed by atoms with van der Waals surface area (Å²) in [5, 5.41) is 0. The predicted octanol–water partition coefficient (Wildman–Crippen LogP) is 3.28. The molecule has 0 aliphatic carbocycles. The van der Waals surface area contributed by atoms with Gasteiger partial charge in [-0.25, -0.2) is 9.69 Å². The van der Waals surface area contributed by atoms with Crippen LogP contribution < -0.4 is 4.90 Å². The molecule has 1 aliphatic rings. The molecule has 2 amide bonds. The standard InChI is InChI=1S/C15H17NO3/c1-11(2)9-10-15(3)13(17)16(14(18)19-15)12-7-5-4-6-8-12/h4-9H,10H2,1-3H3. The van der Waals surface area contributed by atoms with Crippen LogP contribution in [0.25, 0.3) is 0 Å². The second-order valence-corrected chi connectivity index (χ2v) is 5.06. The zero-order valence-electron chi connectivity index (χ0n) is 11.3. The summed E-state index contributed by atoms with van der Waals surface area (Å²) in [4.78, 5) is 25.4. The van der Waals surface area contributed by atoms with E-state index in [4.69, 9.17) is 4.74 Å². The average Bonchev–Trinajstić information content (AvgIpc) is 2.59. The molecule has 1 saturated heterocycles. The van der Waals surface area contributed by atoms with Gasteiger partial charge in [-0.1, -0.05) is 29.8 Å². The van der Waals surface area contributed by atoms with Gasteiger partial charge in [0.1, 0.15) is 0 Å². The number of nitrogens with zero attached hydrogens (tertiary/aromatic N) is 1. The molecular weight excluding hydrogens is 242 g/mol. The van der Waals surface area contributed by atoms with Crippen LogP contribution >= 0.6 is 0 Å². The largest absolute Gasteiger partial charge is 0.432 e. The molecule has 4 nitrogen and oxygen atoms in total. The average molecular weight is 259 g/mol. The van der Waals surface area contributed by atoms with Gasteiger partial charge in [-0.3, -0.25) is 4.79 Å². The fraction of sp³-hybridized carbons (Fsp3) is 0.333. The third-order valence-corrected chi connectivity index (χ3v) is 3.06. The monoisotopic (exact) mass is 259 g/mol. The SMILES string of the molecule is CC(C)=CCC1(C)OC(=O)N(c2ccccc2)C1=O. The van der Waals surface area contributed by atoms with E-state index < -0.39 is 11.7 Å². The Kier molecular flexibility index (Phi) is 3.42. The lowest BCUT2D eigenvalue weighted by molar-refractivity contribution is -0.128. The summed E-state index contributed by atoms with van der Waals surface area (Å²) < 4.78 is 5.27. The molecule has 0 radical (unpaired) electrons. The number of anilines is 1. The Hall–Kier alpha value is -2.10. The van der Waals surface area contributed by atoms with E-state index in [0.29, 0.717) is 12.1 Å². The minimum Gasteiger partial charge on any atom is -0.432 e. The Labute approximate surface area is 112 Å². The van der Waals surface area contributed by atoms with Gasteiger partial charge >= 0.3 is 6.09 Å². The maximum atomic E-state index is 12.4. The highest BCUT2D eigenvalue weighted by molar-refractivity contribution is 6.19. The highest BCUT2D eigenvalue weighted by Gasteiger charge is 2.50. The van der Waals surface area contributed by atoms with Crippen LogP contribution in [0, 0.1) is 0 Å². The Morgan fingerprint density at radius 2 is 1.89 bits per heavy atom. The van der Waals surface area contributed by atoms with Crippen molar-refractivity contribution in [3.05, 3.63) is 42.0 Å². The molecule has 0 N–H and O–H groups in total. The lowest BCUT2D eigenvalue weighted by atomic mass is 10.00. The van der Waals surface area contributed by atoms with Crippen molar-refractivity contribution in [3.63, 3.8) is 0 Å². The molecule has 1 aromatic rings. The van der Waals surface area contributed by atoms with Crippen LogP contribution in [0.3, 0.4) is 0 Å². The molecule has 1 heterocycles. The number of hydrogen-bond acceptors (Lipinski definition) is 3. The van der Waals surface area contributed by atoms with Crippen molar-refractivity contribution >= 4 is 17.7 Å². The summed E-state index contributed by atoms with van der Waals surface area (Å²) in [6.45, 7) is 5.54. The Morgan fingerprint density at radius 3 is 2.47 bits per heavy atom. The van der Waals surface area contributed by atoms with Crippen LogP contribution in [0.15, 0.2) is 42.0 Å². The van der Waals surface area contributed by atoms with E-state index >= 15 is 0 Å². The predicted molar refractivity (Wildman–Crippen MR) is 72.9 cm³/mol. The fourth-order valence-corrected chi connectivity index (χ4v) is 1.93. The number of cyclic esters (lactones) is 1. The van der Waals surface area contributed by atoms with Gasteiger partial charge in [0.15, 0.2) is 5.60 Å². The molecule has 19 heavy (non-hydrogen) atoms. The number of benzene rings is 1. The summed E-state index contributed by atoms with van der Waals surface area (Å²) in [5.41, 5.74) is 0.520. The molecule has 1 fully saturated rings. The first kappa shape index (κ1) is 13.3. The maximum Gasteiger partial charge on any atom is 0.422 e.